The summed E-state index contributed by atoms with van der Waals surface area (Å²) in [7, 11) is 0. The number of rotatable bonds is 0. The Hall–Kier alpha value is -0.260. The molecule has 6 saturated carbocycles. The molecule has 0 radical (unpaired) electrons. The van der Waals surface area contributed by atoms with Crippen molar-refractivity contribution >= 4 is 0 Å². The standard InChI is InChI=1S/C18H20/c1-2-6-5(1)9-10(6)14-13(9)17-15-11-7-3-4-8(7)12(11)16(15)18(14)17/h5-6,9-18H,1-4H2. The van der Waals surface area contributed by atoms with Gasteiger partial charge >= 0.3 is 0 Å². The summed E-state index contributed by atoms with van der Waals surface area (Å²) < 4.78 is 0. The molecule has 0 nitrogen and oxygen atoms in total. The molecule has 0 aromatic rings. The molecule has 0 heterocycles. The molecule has 12 atom stereocenters. The van der Waals surface area contributed by atoms with Gasteiger partial charge < -0.3 is 0 Å². The van der Waals surface area contributed by atoms with Crippen LogP contribution in [0.15, 0.2) is 11.1 Å². The van der Waals surface area contributed by atoms with Gasteiger partial charge in [0.15, 0.2) is 0 Å². The number of allylic oxidation sites excluding steroid dienone is 2. The summed E-state index contributed by atoms with van der Waals surface area (Å²) in [6.07, 6.45) is 6.29. The molecule has 0 N–H and O–H groups in total. The van der Waals surface area contributed by atoms with E-state index < -0.39 is 0 Å². The zero-order valence-corrected chi connectivity index (χ0v) is 10.8. The Labute approximate surface area is 108 Å². The van der Waals surface area contributed by atoms with E-state index in [0.717, 1.165) is 0 Å². The third-order valence-corrected chi connectivity index (χ3v) is 9.91. The maximum absolute atomic E-state index is 1.99. The molecule has 0 spiro atoms. The first kappa shape index (κ1) is 8.12. The lowest BCUT2D eigenvalue weighted by Crippen LogP contribution is -2.88. The second-order valence-electron chi connectivity index (χ2n) is 9.13. The highest BCUT2D eigenvalue weighted by atomic mass is 14.9. The van der Waals surface area contributed by atoms with Gasteiger partial charge in [-0.05, 0) is 96.7 Å². The molecule has 0 saturated heterocycles. The van der Waals surface area contributed by atoms with Crippen LogP contribution in [0.4, 0.5) is 0 Å². The Balaban J connectivity index is 1.20. The van der Waals surface area contributed by atoms with Crippen LogP contribution in [-0.4, -0.2) is 0 Å². The summed E-state index contributed by atoms with van der Waals surface area (Å²) in [5, 5.41) is 0. The van der Waals surface area contributed by atoms with Crippen LogP contribution >= 0.6 is 0 Å². The summed E-state index contributed by atoms with van der Waals surface area (Å²) in [5.74, 6) is 15.1. The molecule has 6 fully saturated rings. The van der Waals surface area contributed by atoms with Gasteiger partial charge in [-0.3, -0.25) is 0 Å². The Bertz CT molecular complexity index is 521. The highest BCUT2D eigenvalue weighted by Gasteiger charge is 2.87. The summed E-state index contributed by atoms with van der Waals surface area (Å²) in [4.78, 5) is 0. The van der Waals surface area contributed by atoms with E-state index in [9.17, 15) is 0 Å². The number of fused-ring (bicyclic) bond motifs is 18. The van der Waals surface area contributed by atoms with Gasteiger partial charge in [-0.25, -0.2) is 0 Å². The molecule has 0 aromatic carbocycles. The molecule has 92 valence electrons. The smallest absolute Gasteiger partial charge is 0.00975 e. The van der Waals surface area contributed by atoms with Crippen molar-refractivity contribution < 1.29 is 0 Å². The van der Waals surface area contributed by atoms with Gasteiger partial charge in [0.25, 0.3) is 0 Å². The monoisotopic (exact) mass is 236 g/mol. The highest BCUT2D eigenvalue weighted by Crippen LogP contribution is 2.91. The Morgan fingerprint density at radius 1 is 0.500 bits per heavy atom. The lowest BCUT2D eigenvalue weighted by molar-refractivity contribution is -0.429. The van der Waals surface area contributed by atoms with Gasteiger partial charge in [-0.2, -0.15) is 0 Å². The first-order valence-electron chi connectivity index (χ1n) is 8.68. The molecular weight excluding hydrogens is 216 g/mol. The fourth-order valence-electron chi connectivity index (χ4n) is 9.44. The molecule has 0 amide bonds. The van der Waals surface area contributed by atoms with Crippen LogP contribution in [0, 0.1) is 71.0 Å². The first-order chi connectivity index (χ1) is 8.97. The van der Waals surface area contributed by atoms with E-state index in [4.69, 9.17) is 0 Å². The first-order valence-corrected chi connectivity index (χ1v) is 8.68. The summed E-state index contributed by atoms with van der Waals surface area (Å²) in [5.41, 5.74) is 3.99. The average Bonchev–Trinajstić information content (AvgIpc) is 2.28. The van der Waals surface area contributed by atoms with E-state index in [-0.39, 0.29) is 0 Å². The van der Waals surface area contributed by atoms with E-state index in [1.165, 1.54) is 83.9 Å². The van der Waals surface area contributed by atoms with Crippen molar-refractivity contribution in [2.45, 2.75) is 25.7 Å². The van der Waals surface area contributed by atoms with E-state index in [1.807, 2.05) is 11.1 Å². The fourth-order valence-corrected chi connectivity index (χ4v) is 9.44. The van der Waals surface area contributed by atoms with Crippen LogP contribution in [0.2, 0.25) is 0 Å². The van der Waals surface area contributed by atoms with Crippen molar-refractivity contribution in [3.05, 3.63) is 11.1 Å². The molecule has 18 heavy (non-hydrogen) atoms. The van der Waals surface area contributed by atoms with Crippen molar-refractivity contribution in [1.82, 2.24) is 0 Å². The van der Waals surface area contributed by atoms with Crippen molar-refractivity contribution in [3.8, 4) is 0 Å². The Morgan fingerprint density at radius 3 is 1.33 bits per heavy atom. The molecule has 0 aliphatic heterocycles. The van der Waals surface area contributed by atoms with Crippen molar-refractivity contribution in [1.29, 1.82) is 0 Å². The summed E-state index contributed by atoms with van der Waals surface area (Å²) >= 11 is 0. The van der Waals surface area contributed by atoms with Gasteiger partial charge in [0, 0.05) is 0 Å². The minimum Gasteiger partial charge on any atom is -0.0664 e. The Morgan fingerprint density at radius 2 is 0.944 bits per heavy atom. The van der Waals surface area contributed by atoms with E-state index in [0.29, 0.717) is 0 Å². The SMILES string of the molecule is C1CC2=C1C1C2C2C1C1C3C4C5CCC5C4C3C21. The second kappa shape index (κ2) is 1.98. The zero-order chi connectivity index (χ0) is 10.9. The largest absolute Gasteiger partial charge is 0.0664 e. The molecule has 0 aromatic heterocycles. The van der Waals surface area contributed by atoms with Gasteiger partial charge in [0.2, 0.25) is 0 Å². The molecule has 0 bridgehead atoms. The maximum atomic E-state index is 1.99. The van der Waals surface area contributed by atoms with Crippen LogP contribution in [-0.2, 0) is 0 Å². The van der Waals surface area contributed by atoms with Gasteiger partial charge in [0.05, 0.1) is 0 Å². The molecule has 8 aliphatic rings. The molecule has 0 heteroatoms. The maximum Gasteiger partial charge on any atom is -0.00975 e. The van der Waals surface area contributed by atoms with Crippen molar-refractivity contribution in [2.75, 3.05) is 0 Å². The fraction of sp³-hybridized carbons (Fsp3) is 0.889. The average molecular weight is 236 g/mol. The van der Waals surface area contributed by atoms with Crippen LogP contribution in [0.1, 0.15) is 25.7 Å². The minimum absolute atomic E-state index is 1.18. The molecule has 8 rings (SSSR count). The van der Waals surface area contributed by atoms with Gasteiger partial charge in [-0.15, -0.1) is 0 Å². The van der Waals surface area contributed by atoms with Crippen molar-refractivity contribution in [3.63, 3.8) is 0 Å². The predicted octanol–water partition coefficient (Wildman–Crippen LogP) is 3.35. The highest BCUT2D eigenvalue weighted by molar-refractivity contribution is 5.50. The van der Waals surface area contributed by atoms with E-state index >= 15 is 0 Å². The van der Waals surface area contributed by atoms with Crippen LogP contribution < -0.4 is 0 Å². The van der Waals surface area contributed by atoms with Crippen molar-refractivity contribution in [2.24, 2.45) is 71.0 Å². The molecule has 8 aliphatic carbocycles. The van der Waals surface area contributed by atoms with E-state index in [2.05, 4.69) is 0 Å². The quantitative estimate of drug-likeness (QED) is 0.447. The zero-order valence-electron chi connectivity index (χ0n) is 10.8. The number of hydrogen-bond donors (Lipinski definition) is 0. The lowest BCUT2D eigenvalue weighted by Gasteiger charge is -2.92. The van der Waals surface area contributed by atoms with Gasteiger partial charge in [-0.1, -0.05) is 11.1 Å². The van der Waals surface area contributed by atoms with E-state index in [1.54, 1.807) is 12.8 Å². The van der Waals surface area contributed by atoms with Gasteiger partial charge in [0.1, 0.15) is 0 Å². The lowest BCUT2D eigenvalue weighted by atomic mass is 9.13. The van der Waals surface area contributed by atoms with Crippen LogP contribution in [0.5, 0.6) is 0 Å². The third-order valence-electron chi connectivity index (χ3n) is 9.91. The third kappa shape index (κ3) is 0.465. The summed E-state index contributed by atoms with van der Waals surface area (Å²) in [6, 6.07) is 0. The number of hydrogen-bond acceptors (Lipinski definition) is 0. The topological polar surface area (TPSA) is 0 Å². The predicted molar refractivity (Wildman–Crippen MR) is 67.4 cm³/mol. The van der Waals surface area contributed by atoms with Crippen LogP contribution in [0.25, 0.3) is 0 Å². The minimum atomic E-state index is 1.18. The summed E-state index contributed by atoms with van der Waals surface area (Å²) in [6.45, 7) is 0. The Kier molecular flexibility index (Phi) is 0.894. The second-order valence-corrected chi connectivity index (χ2v) is 9.13. The molecule has 12 unspecified atom stereocenters. The molecular formula is C18H20. The van der Waals surface area contributed by atoms with Crippen LogP contribution in [0.3, 0.4) is 0 Å². The normalized spacial score (nSPS) is 81.3.